The van der Waals surface area contributed by atoms with E-state index in [9.17, 15) is 29.7 Å². The first-order chi connectivity index (χ1) is 26.5. The van der Waals surface area contributed by atoms with Crippen LogP contribution in [0, 0.1) is 5.39 Å². The highest BCUT2D eigenvalue weighted by Crippen LogP contribution is 2.46. The van der Waals surface area contributed by atoms with E-state index in [4.69, 9.17) is 28.1 Å². The Bertz CT molecular complexity index is 2080. The zero-order valence-corrected chi connectivity index (χ0v) is 36.3. The highest BCUT2D eigenvalue weighted by atomic mass is 79.9. The molecule has 5 rings (SSSR count). The standard InChI is InChI=1S/C39H48BrN5O11Si/c1-38(2,3)55-37(50)44-30-22-18-25(46)33(52-8)28(19-22)54-27-15-13-21(17-24(27)45-41)32(56-57(10,11)39(4,5)6)31(36(49)53-9)43-34(47)29(42-35(30)48)20-12-14-26(51-7)23(40)16-20/h12-19,29-32H,1-11H3,(H3-,42,43,44,46,47,48,50)/p+1/t29-,30-,31+,32-/m1/s1. The number of rotatable bonds is 7. The number of phenols is 1. The molecule has 16 nitrogen and oxygen atoms in total. The van der Waals surface area contributed by atoms with Gasteiger partial charge in [0.15, 0.2) is 30.8 Å². The molecule has 0 unspecified atom stereocenters. The van der Waals surface area contributed by atoms with E-state index < -0.39 is 67.8 Å². The molecule has 0 aliphatic carbocycles. The van der Waals surface area contributed by atoms with Gasteiger partial charge in [0, 0.05) is 6.07 Å². The zero-order chi connectivity index (χ0) is 42.6. The number of carbonyl (C=O) groups is 4. The molecule has 2 heterocycles. The van der Waals surface area contributed by atoms with Crippen molar-refractivity contribution < 1.29 is 52.4 Å². The minimum absolute atomic E-state index is 0.0248. The van der Waals surface area contributed by atoms with Gasteiger partial charge >= 0.3 is 17.7 Å². The second-order valence-electron chi connectivity index (χ2n) is 15.7. The van der Waals surface area contributed by atoms with E-state index in [1.54, 1.807) is 45.0 Å². The fourth-order valence-corrected chi connectivity index (χ4v) is 7.43. The van der Waals surface area contributed by atoms with Gasteiger partial charge in [0.05, 0.1) is 25.8 Å². The minimum Gasteiger partial charge on any atom is -0.504 e. The van der Waals surface area contributed by atoms with Gasteiger partial charge in [-0.05, 0) is 102 Å². The van der Waals surface area contributed by atoms with E-state index in [2.05, 4.69) is 36.9 Å². The fourth-order valence-electron chi connectivity index (χ4n) is 5.61. The number of phenolic OH excluding ortho intramolecular Hbond substituents is 1. The van der Waals surface area contributed by atoms with Crippen LogP contribution >= 0.6 is 15.9 Å². The summed E-state index contributed by atoms with van der Waals surface area (Å²) in [6.45, 7) is 14.8. The Morgan fingerprint density at radius 3 is 2.12 bits per heavy atom. The number of nitrogens with zero attached hydrogens (tertiary/aromatic N) is 2. The quantitative estimate of drug-likeness (QED) is 0.103. The monoisotopic (exact) mass is 870 g/mol. The van der Waals surface area contributed by atoms with Gasteiger partial charge in [-0.2, -0.15) is 0 Å². The summed E-state index contributed by atoms with van der Waals surface area (Å²) in [6, 6.07) is 6.89. The Labute approximate surface area is 340 Å². The van der Waals surface area contributed by atoms with Crippen molar-refractivity contribution in [2.75, 3.05) is 21.3 Å². The number of hydrogen-bond acceptors (Lipinski definition) is 12. The number of alkyl carbamates (subject to hydrolysis) is 1. The van der Waals surface area contributed by atoms with Gasteiger partial charge in [0.1, 0.15) is 29.5 Å². The summed E-state index contributed by atoms with van der Waals surface area (Å²) in [5.41, 5.74) is -0.588. The number of methoxy groups -OCH3 is 3. The van der Waals surface area contributed by atoms with Crippen molar-refractivity contribution in [1.82, 2.24) is 16.0 Å². The number of halogens is 1. The molecule has 3 amide bonds. The van der Waals surface area contributed by atoms with Crippen LogP contribution in [0.3, 0.4) is 0 Å². The number of carbonyl (C=O) groups excluding carboxylic acids is 4. The Morgan fingerprint density at radius 1 is 0.895 bits per heavy atom. The maximum absolute atomic E-state index is 14.7. The molecule has 3 aromatic carbocycles. The van der Waals surface area contributed by atoms with Gasteiger partial charge in [-0.25, -0.2) is 9.59 Å². The van der Waals surface area contributed by atoms with Crippen LogP contribution in [0.4, 0.5) is 10.5 Å². The van der Waals surface area contributed by atoms with Crippen LogP contribution in [-0.2, 0) is 28.3 Å². The van der Waals surface area contributed by atoms with Gasteiger partial charge in [0.2, 0.25) is 28.7 Å². The molecular weight excluding hydrogens is 822 g/mol. The van der Waals surface area contributed by atoms with Crippen LogP contribution in [0.5, 0.6) is 28.7 Å². The Kier molecular flexibility index (Phi) is 13.5. The third-order valence-corrected chi connectivity index (χ3v) is 14.6. The Morgan fingerprint density at radius 2 is 1.56 bits per heavy atom. The molecule has 4 atom stereocenters. The van der Waals surface area contributed by atoms with Gasteiger partial charge in [0.25, 0.3) is 0 Å². The predicted octanol–water partition coefficient (Wildman–Crippen LogP) is 7.61. The summed E-state index contributed by atoms with van der Waals surface area (Å²) in [6.07, 6.45) is -2.23. The van der Waals surface area contributed by atoms with E-state index in [1.165, 1.54) is 38.5 Å². The molecule has 2 aliphatic rings. The highest BCUT2D eigenvalue weighted by molar-refractivity contribution is 9.10. The van der Waals surface area contributed by atoms with Crippen LogP contribution in [-0.4, -0.2) is 70.3 Å². The number of esters is 1. The molecule has 2 aliphatic heterocycles. The Hall–Kier alpha value is -5.38. The number of diazo groups is 1. The van der Waals surface area contributed by atoms with Crippen molar-refractivity contribution >= 4 is 53.8 Å². The summed E-state index contributed by atoms with van der Waals surface area (Å²) < 4.78 is 35.0. The highest BCUT2D eigenvalue weighted by Gasteiger charge is 2.45. The topological polar surface area (TPSA) is 208 Å². The smallest absolute Gasteiger partial charge is 0.427 e. The predicted molar refractivity (Wildman–Crippen MR) is 215 cm³/mol. The normalized spacial score (nSPS) is 18.9. The second kappa shape index (κ2) is 17.4. The fraction of sp³-hybridized carbons (Fsp3) is 0.436. The van der Waals surface area contributed by atoms with Crippen molar-refractivity contribution in [3.8, 4) is 28.7 Å². The third-order valence-electron chi connectivity index (χ3n) is 9.50. The number of benzene rings is 3. The molecule has 18 heteroatoms. The van der Waals surface area contributed by atoms with Gasteiger partial charge < -0.3 is 49.2 Å². The molecule has 57 heavy (non-hydrogen) atoms. The summed E-state index contributed by atoms with van der Waals surface area (Å²) in [4.78, 5) is 59.7. The first-order valence-electron chi connectivity index (χ1n) is 17.8. The number of amides is 3. The first kappa shape index (κ1) is 44.3. The van der Waals surface area contributed by atoms with Crippen molar-refractivity contribution in [2.45, 2.75) is 89.5 Å². The van der Waals surface area contributed by atoms with E-state index in [-0.39, 0.29) is 39.1 Å². The number of aromatic hydroxyl groups is 1. The van der Waals surface area contributed by atoms with E-state index in [0.717, 1.165) is 7.11 Å². The lowest BCUT2D eigenvalue weighted by Crippen LogP contribution is -2.54. The van der Waals surface area contributed by atoms with E-state index in [1.807, 2.05) is 33.9 Å². The number of hydrogen-bond donors (Lipinski definition) is 4. The molecule has 306 valence electrons. The molecule has 0 saturated carbocycles. The molecule has 0 saturated heterocycles. The van der Waals surface area contributed by atoms with Crippen LogP contribution < -0.4 is 30.2 Å². The average Bonchev–Trinajstić information content (AvgIpc) is 3.12. The van der Waals surface area contributed by atoms with Crippen LogP contribution in [0.15, 0.2) is 53.0 Å². The Balaban J connectivity index is 2.07. The summed E-state index contributed by atoms with van der Waals surface area (Å²) in [5, 5.41) is 29.1. The van der Waals surface area contributed by atoms with Crippen LogP contribution in [0.1, 0.15) is 76.4 Å². The number of ether oxygens (including phenoxy) is 5. The first-order valence-corrected chi connectivity index (χ1v) is 21.5. The second-order valence-corrected chi connectivity index (χ2v) is 21.3. The lowest BCUT2D eigenvalue weighted by molar-refractivity contribution is -0.148. The molecule has 0 fully saturated rings. The lowest BCUT2D eigenvalue weighted by atomic mass is 9.98. The molecule has 4 N–H and O–H groups in total. The van der Waals surface area contributed by atoms with E-state index >= 15 is 0 Å². The van der Waals surface area contributed by atoms with Crippen LogP contribution in [0.25, 0.3) is 4.98 Å². The summed E-state index contributed by atoms with van der Waals surface area (Å²) in [5.74, 6) is -3.08. The minimum atomic E-state index is -2.78. The van der Waals surface area contributed by atoms with Crippen molar-refractivity contribution in [2.24, 2.45) is 0 Å². The molecule has 0 radical (unpaired) electrons. The van der Waals surface area contributed by atoms with Gasteiger partial charge in [-0.15, -0.1) is 0 Å². The van der Waals surface area contributed by atoms with Gasteiger partial charge in [-0.3, -0.25) is 9.59 Å². The zero-order valence-electron chi connectivity index (χ0n) is 33.7. The molecular formula is C39H49BrN5O11Si+. The maximum atomic E-state index is 14.7. The number of fused-ring (bicyclic) bond motifs is 9. The van der Waals surface area contributed by atoms with E-state index in [0.29, 0.717) is 15.8 Å². The molecule has 0 aromatic heterocycles. The largest absolute Gasteiger partial charge is 0.504 e. The van der Waals surface area contributed by atoms with Crippen molar-refractivity contribution in [3.63, 3.8) is 0 Å². The average molecular weight is 872 g/mol. The maximum Gasteiger partial charge on any atom is 0.427 e. The molecule has 0 spiro atoms. The lowest BCUT2D eigenvalue weighted by Gasteiger charge is -2.41. The SMILES string of the molecule is COC(=O)[C@H]1NC(=O)[C@@H](c2ccc(OC)c(Br)c2)NC(=O)[C@H](NC(=O)OC(C)(C)C)c2cc(O)c(OC)c(c2)Oc2ccc(cc2[N+]#N)[C@H]1O[Si](C)(C)C(C)(C)C. The van der Waals surface area contributed by atoms with Gasteiger partial charge in [-0.1, -0.05) is 32.9 Å². The number of nitrogens with one attached hydrogen (secondary N) is 3. The van der Waals surface area contributed by atoms with Crippen LogP contribution in [0.2, 0.25) is 18.1 Å². The van der Waals surface area contributed by atoms with Crippen molar-refractivity contribution in [3.05, 3.63) is 74.7 Å². The van der Waals surface area contributed by atoms with Crippen molar-refractivity contribution in [1.29, 1.82) is 5.39 Å². The third kappa shape index (κ3) is 10.3. The summed E-state index contributed by atoms with van der Waals surface area (Å²) >= 11 is 3.44. The molecule has 4 bridgehead atoms. The summed E-state index contributed by atoms with van der Waals surface area (Å²) in [7, 11) is 1.12. The molecule has 3 aromatic rings.